The Hall–Kier alpha value is -0.250. The van der Waals surface area contributed by atoms with E-state index in [4.69, 9.17) is 0 Å². The molecule has 2 atom stereocenters. The van der Waals surface area contributed by atoms with Crippen LogP contribution in [0.15, 0.2) is 0 Å². The summed E-state index contributed by atoms with van der Waals surface area (Å²) in [4.78, 5) is 0. The number of hydrogen-bond donors (Lipinski definition) is 1. The van der Waals surface area contributed by atoms with Crippen molar-refractivity contribution in [2.75, 3.05) is 13.1 Å². The maximum atomic E-state index is 12.1. The third-order valence-corrected chi connectivity index (χ3v) is 2.03. The third-order valence-electron chi connectivity index (χ3n) is 2.03. The predicted molar refractivity (Wildman–Crippen MR) is 36.2 cm³/mol. The molecule has 0 radical (unpaired) electrons. The second kappa shape index (κ2) is 3.01. The number of piperidine rings is 1. The second-order valence-electron chi connectivity index (χ2n) is 3.24. The molecule has 0 aromatic rings. The molecule has 1 heterocycles. The van der Waals surface area contributed by atoms with Crippen LogP contribution in [0.1, 0.15) is 13.3 Å². The SMILES string of the molecule is C[C@H]1CNC[C@@H](C(F)(F)F)C1. The Bertz CT molecular complexity index is 132. The topological polar surface area (TPSA) is 12.0 Å². The van der Waals surface area contributed by atoms with Crippen molar-refractivity contribution in [2.45, 2.75) is 19.5 Å². The molecule has 1 saturated heterocycles. The van der Waals surface area contributed by atoms with E-state index < -0.39 is 12.1 Å². The van der Waals surface area contributed by atoms with Crippen LogP contribution in [-0.2, 0) is 0 Å². The summed E-state index contributed by atoms with van der Waals surface area (Å²) >= 11 is 0. The Kier molecular flexibility index (Phi) is 2.42. The Balaban J connectivity index is 2.46. The molecule has 66 valence electrons. The van der Waals surface area contributed by atoms with Gasteiger partial charge < -0.3 is 5.32 Å². The zero-order chi connectivity index (χ0) is 8.48. The van der Waals surface area contributed by atoms with Gasteiger partial charge in [-0.15, -0.1) is 0 Å². The summed E-state index contributed by atoms with van der Waals surface area (Å²) in [7, 11) is 0. The molecule has 1 fully saturated rings. The minimum Gasteiger partial charge on any atom is -0.316 e. The van der Waals surface area contributed by atoms with Gasteiger partial charge in [0.15, 0.2) is 0 Å². The van der Waals surface area contributed by atoms with Crippen molar-refractivity contribution in [1.82, 2.24) is 5.32 Å². The summed E-state index contributed by atoms with van der Waals surface area (Å²) in [5, 5.41) is 2.77. The van der Waals surface area contributed by atoms with Crippen LogP contribution >= 0.6 is 0 Å². The van der Waals surface area contributed by atoms with Crippen LogP contribution in [-0.4, -0.2) is 19.3 Å². The van der Waals surface area contributed by atoms with Crippen molar-refractivity contribution in [3.05, 3.63) is 0 Å². The molecule has 0 saturated carbocycles. The minimum atomic E-state index is -4.01. The summed E-state index contributed by atoms with van der Waals surface area (Å²) in [6.45, 7) is 2.64. The summed E-state index contributed by atoms with van der Waals surface area (Å²) < 4.78 is 36.2. The summed E-state index contributed by atoms with van der Waals surface area (Å²) in [5.41, 5.74) is 0. The summed E-state index contributed by atoms with van der Waals surface area (Å²) in [5.74, 6) is -0.985. The molecule has 1 N–H and O–H groups in total. The number of nitrogens with one attached hydrogen (secondary N) is 1. The van der Waals surface area contributed by atoms with Crippen molar-refractivity contribution >= 4 is 0 Å². The fraction of sp³-hybridized carbons (Fsp3) is 1.00. The van der Waals surface area contributed by atoms with E-state index in [9.17, 15) is 13.2 Å². The van der Waals surface area contributed by atoms with Gasteiger partial charge in [-0.2, -0.15) is 13.2 Å². The van der Waals surface area contributed by atoms with Gasteiger partial charge in [-0.05, 0) is 18.9 Å². The Morgan fingerprint density at radius 3 is 2.27 bits per heavy atom. The van der Waals surface area contributed by atoms with Gasteiger partial charge in [0.05, 0.1) is 5.92 Å². The zero-order valence-corrected chi connectivity index (χ0v) is 6.41. The van der Waals surface area contributed by atoms with E-state index in [0.717, 1.165) is 0 Å². The lowest BCUT2D eigenvalue weighted by atomic mass is 9.91. The van der Waals surface area contributed by atoms with E-state index in [1.165, 1.54) is 0 Å². The molecule has 0 aromatic carbocycles. The first kappa shape index (κ1) is 8.84. The molecule has 0 aromatic heterocycles. The highest BCUT2D eigenvalue weighted by Gasteiger charge is 2.41. The average molecular weight is 167 g/mol. The van der Waals surface area contributed by atoms with Crippen molar-refractivity contribution in [2.24, 2.45) is 11.8 Å². The normalized spacial score (nSPS) is 33.8. The largest absolute Gasteiger partial charge is 0.393 e. The first-order valence-corrected chi connectivity index (χ1v) is 3.77. The molecule has 4 heteroatoms. The minimum absolute atomic E-state index is 0.0911. The lowest BCUT2D eigenvalue weighted by Gasteiger charge is -2.29. The fourth-order valence-electron chi connectivity index (χ4n) is 1.41. The Morgan fingerprint density at radius 2 is 1.91 bits per heavy atom. The number of hydrogen-bond acceptors (Lipinski definition) is 1. The Labute approximate surface area is 64.0 Å². The number of halogens is 3. The van der Waals surface area contributed by atoms with Crippen molar-refractivity contribution in [3.8, 4) is 0 Å². The monoisotopic (exact) mass is 167 g/mol. The van der Waals surface area contributed by atoms with Gasteiger partial charge in [0.25, 0.3) is 0 Å². The highest BCUT2D eigenvalue weighted by molar-refractivity contribution is 4.78. The molecule has 11 heavy (non-hydrogen) atoms. The first-order valence-electron chi connectivity index (χ1n) is 3.77. The smallest absolute Gasteiger partial charge is 0.316 e. The first-order chi connectivity index (χ1) is 5.00. The van der Waals surface area contributed by atoms with Gasteiger partial charge in [-0.1, -0.05) is 6.92 Å². The van der Waals surface area contributed by atoms with Gasteiger partial charge in [0.2, 0.25) is 0 Å². The van der Waals surface area contributed by atoms with E-state index in [2.05, 4.69) is 5.32 Å². The summed E-state index contributed by atoms with van der Waals surface area (Å²) in [6, 6.07) is 0. The zero-order valence-electron chi connectivity index (χ0n) is 6.41. The van der Waals surface area contributed by atoms with Crippen LogP contribution < -0.4 is 5.32 Å². The molecular weight excluding hydrogens is 155 g/mol. The molecular formula is C7H12F3N. The molecule has 1 rings (SSSR count). The van der Waals surface area contributed by atoms with Crippen molar-refractivity contribution in [3.63, 3.8) is 0 Å². The van der Waals surface area contributed by atoms with Crippen molar-refractivity contribution in [1.29, 1.82) is 0 Å². The quantitative estimate of drug-likeness (QED) is 0.580. The van der Waals surface area contributed by atoms with Crippen molar-refractivity contribution < 1.29 is 13.2 Å². The molecule has 0 bridgehead atoms. The molecule has 0 spiro atoms. The molecule has 0 aliphatic carbocycles. The van der Waals surface area contributed by atoms with E-state index in [1.807, 2.05) is 6.92 Å². The van der Waals surface area contributed by atoms with Crippen LogP contribution in [0.25, 0.3) is 0 Å². The second-order valence-corrected chi connectivity index (χ2v) is 3.24. The maximum Gasteiger partial charge on any atom is 0.393 e. The molecule has 1 aliphatic heterocycles. The van der Waals surface area contributed by atoms with Crippen LogP contribution in [0.2, 0.25) is 0 Å². The molecule has 1 aliphatic rings. The lowest BCUT2D eigenvalue weighted by Crippen LogP contribution is -2.41. The van der Waals surface area contributed by atoms with Crippen LogP contribution in [0.4, 0.5) is 13.2 Å². The standard InChI is InChI=1S/C7H12F3N/c1-5-2-6(4-11-3-5)7(8,9)10/h5-6,11H,2-4H2,1H3/t5-,6+/m1/s1. The number of alkyl halides is 3. The fourth-order valence-corrected chi connectivity index (χ4v) is 1.41. The highest BCUT2D eigenvalue weighted by atomic mass is 19.4. The van der Waals surface area contributed by atoms with Gasteiger partial charge >= 0.3 is 6.18 Å². The van der Waals surface area contributed by atoms with E-state index in [-0.39, 0.29) is 18.9 Å². The van der Waals surface area contributed by atoms with Gasteiger partial charge in [0.1, 0.15) is 0 Å². The van der Waals surface area contributed by atoms with Gasteiger partial charge in [-0.25, -0.2) is 0 Å². The third kappa shape index (κ3) is 2.36. The van der Waals surface area contributed by atoms with Gasteiger partial charge in [0, 0.05) is 6.54 Å². The Morgan fingerprint density at radius 1 is 1.27 bits per heavy atom. The molecule has 1 nitrogen and oxygen atoms in total. The summed E-state index contributed by atoms with van der Waals surface area (Å²) in [6.07, 6.45) is -3.74. The van der Waals surface area contributed by atoms with E-state index >= 15 is 0 Å². The van der Waals surface area contributed by atoms with Crippen LogP contribution in [0.5, 0.6) is 0 Å². The highest BCUT2D eigenvalue weighted by Crippen LogP contribution is 2.32. The maximum absolute atomic E-state index is 12.1. The lowest BCUT2D eigenvalue weighted by molar-refractivity contribution is -0.181. The van der Waals surface area contributed by atoms with Crippen LogP contribution in [0.3, 0.4) is 0 Å². The van der Waals surface area contributed by atoms with Gasteiger partial charge in [-0.3, -0.25) is 0 Å². The predicted octanol–water partition coefficient (Wildman–Crippen LogP) is 1.79. The average Bonchev–Trinajstić information content (AvgIpc) is 1.86. The van der Waals surface area contributed by atoms with E-state index in [0.29, 0.717) is 6.54 Å². The van der Waals surface area contributed by atoms with E-state index in [1.54, 1.807) is 0 Å². The number of rotatable bonds is 0. The molecule has 0 unspecified atom stereocenters. The van der Waals surface area contributed by atoms with Crippen LogP contribution in [0, 0.1) is 11.8 Å². The molecule has 0 amide bonds.